The summed E-state index contributed by atoms with van der Waals surface area (Å²) in [5.41, 5.74) is 5.96. The number of carbonyl (C=O) groups excluding carboxylic acids is 2. The van der Waals surface area contributed by atoms with E-state index in [0.29, 0.717) is 72.4 Å². The third kappa shape index (κ3) is 19.1. The highest BCUT2D eigenvalue weighted by Gasteiger charge is 2.22. The number of carbonyl (C=O) groups is 2. The predicted octanol–water partition coefficient (Wildman–Crippen LogP) is -0.615. The number of ether oxygens (including phenoxy) is 5. The zero-order chi connectivity index (χ0) is 29.5. The molecule has 14 heteroatoms. The van der Waals surface area contributed by atoms with Crippen LogP contribution in [0.5, 0.6) is 0 Å². The summed E-state index contributed by atoms with van der Waals surface area (Å²) in [5.74, 6) is 5.16. The maximum Gasteiger partial charge on any atom is 0.269 e. The Kier molecular flexibility index (Phi) is 20.4. The van der Waals surface area contributed by atoms with Crippen molar-refractivity contribution in [2.24, 2.45) is 5.84 Å². The number of rotatable bonds is 23. The van der Waals surface area contributed by atoms with Gasteiger partial charge in [0, 0.05) is 18.7 Å². The van der Waals surface area contributed by atoms with E-state index in [1.165, 1.54) is 0 Å². The molecule has 0 aromatic rings. The number of nitrogens with two attached hydrogens (primary N) is 1. The van der Waals surface area contributed by atoms with Gasteiger partial charge in [-0.05, 0) is 19.3 Å². The van der Waals surface area contributed by atoms with Gasteiger partial charge in [0.15, 0.2) is 0 Å². The summed E-state index contributed by atoms with van der Waals surface area (Å²) >= 11 is 0. The molecule has 0 radical (unpaired) electrons. The van der Waals surface area contributed by atoms with Gasteiger partial charge in [0.25, 0.3) is 5.91 Å². The largest absolute Gasteiger partial charge is 0.385 e. The van der Waals surface area contributed by atoms with Crippen LogP contribution in [0.15, 0.2) is 11.4 Å². The summed E-state index contributed by atoms with van der Waals surface area (Å²) < 4.78 is 28.5. The number of allylic oxidation sites excluding steroid dienone is 1. The minimum atomic E-state index is -0.608. The summed E-state index contributed by atoms with van der Waals surface area (Å²) in [4.78, 5) is 23.1. The first-order valence-corrected chi connectivity index (χ1v) is 14.1. The molecule has 0 fully saturated rings. The van der Waals surface area contributed by atoms with E-state index in [9.17, 15) is 9.59 Å². The number of hydrogen-bond acceptors (Lipinski definition) is 11. The smallest absolute Gasteiger partial charge is 0.269 e. The van der Waals surface area contributed by atoms with Gasteiger partial charge < -0.3 is 44.2 Å². The molecule has 0 saturated heterocycles. The highest BCUT2D eigenvalue weighted by atomic mass is 16.6. The zero-order valence-electron chi connectivity index (χ0n) is 24.6. The van der Waals surface area contributed by atoms with E-state index >= 15 is 0 Å². The summed E-state index contributed by atoms with van der Waals surface area (Å²) in [7, 11) is 6.26. The molecule has 0 spiro atoms. The molecule has 0 aromatic heterocycles. The number of nitrogens with zero attached hydrogens (tertiary/aromatic N) is 1. The Hall–Kier alpha value is -2.04. The van der Waals surface area contributed by atoms with Crippen LogP contribution in [0.2, 0.25) is 0 Å². The lowest BCUT2D eigenvalue weighted by atomic mass is 9.99. The molecule has 1 unspecified atom stereocenters. The van der Waals surface area contributed by atoms with E-state index in [-0.39, 0.29) is 18.6 Å². The van der Waals surface area contributed by atoms with E-state index in [0.717, 1.165) is 54.5 Å². The van der Waals surface area contributed by atoms with E-state index in [1.54, 1.807) is 5.48 Å². The van der Waals surface area contributed by atoms with Crippen molar-refractivity contribution >= 4 is 11.8 Å². The van der Waals surface area contributed by atoms with Gasteiger partial charge >= 0.3 is 0 Å². The summed E-state index contributed by atoms with van der Waals surface area (Å²) in [6.45, 7) is 5.48. The molecule has 0 bridgehead atoms. The zero-order valence-corrected chi connectivity index (χ0v) is 24.6. The molecule has 1 rings (SSSR count). The average molecular weight is 578 g/mol. The first-order chi connectivity index (χ1) is 19.3. The van der Waals surface area contributed by atoms with Crippen LogP contribution < -0.4 is 27.4 Å². The molecule has 0 saturated carbocycles. The van der Waals surface area contributed by atoms with Crippen molar-refractivity contribution in [2.75, 3.05) is 100 Å². The van der Waals surface area contributed by atoms with Gasteiger partial charge in [0.1, 0.15) is 12.7 Å². The van der Waals surface area contributed by atoms with Crippen LogP contribution in [0.25, 0.3) is 0 Å². The van der Waals surface area contributed by atoms with Crippen molar-refractivity contribution in [2.45, 2.75) is 44.6 Å². The lowest BCUT2D eigenvalue weighted by molar-refractivity contribution is -0.869. The van der Waals surface area contributed by atoms with Crippen LogP contribution in [-0.4, -0.2) is 128 Å². The molecule has 0 aromatic carbocycles. The van der Waals surface area contributed by atoms with E-state index in [4.69, 9.17) is 34.7 Å². The van der Waals surface area contributed by atoms with Crippen LogP contribution in [0, 0.1) is 0 Å². The van der Waals surface area contributed by atoms with Gasteiger partial charge in [-0.15, -0.1) is 0 Å². The van der Waals surface area contributed by atoms with Crippen molar-refractivity contribution in [1.82, 2.24) is 21.5 Å². The van der Waals surface area contributed by atoms with E-state index < -0.39 is 5.91 Å². The van der Waals surface area contributed by atoms with Gasteiger partial charge in [-0.1, -0.05) is 12.8 Å². The molecular formula is C26H53N6O8+. The predicted molar refractivity (Wildman–Crippen MR) is 149 cm³/mol. The Morgan fingerprint density at radius 1 is 0.875 bits per heavy atom. The van der Waals surface area contributed by atoms with Crippen molar-refractivity contribution in [3.63, 3.8) is 0 Å². The number of hydrogen-bond donors (Lipinski definition) is 6. The number of hydroxylamine groups is 1. The fourth-order valence-electron chi connectivity index (χ4n) is 3.84. The number of likely N-dealkylation sites (N-methyl/N-ethyl adjacent to an activating group) is 1. The molecule has 14 nitrogen and oxygen atoms in total. The normalized spacial score (nSPS) is 18.1. The fraction of sp³-hybridized carbons (Fsp3) is 0.846. The van der Waals surface area contributed by atoms with Crippen molar-refractivity contribution < 1.29 is 43.0 Å². The Bertz CT molecular complexity index is 720. The molecule has 7 N–H and O–H groups in total. The van der Waals surface area contributed by atoms with E-state index in [2.05, 4.69) is 37.2 Å². The Morgan fingerprint density at radius 3 is 2.10 bits per heavy atom. The molecule has 234 valence electrons. The minimum Gasteiger partial charge on any atom is -0.385 e. The van der Waals surface area contributed by atoms with Gasteiger partial charge in [-0.25, -0.2) is 5.48 Å². The highest BCUT2D eigenvalue weighted by Crippen LogP contribution is 2.22. The number of nitrogens with one attached hydrogen (secondary N) is 4. The van der Waals surface area contributed by atoms with Gasteiger partial charge in [0.05, 0.1) is 92.8 Å². The monoisotopic (exact) mass is 577 g/mol. The summed E-state index contributed by atoms with van der Waals surface area (Å²) in [5, 5.41) is 15.0. The molecule has 1 aliphatic rings. The molecule has 1 atom stereocenters. The maximum absolute atomic E-state index is 11.7. The second-order valence-electron chi connectivity index (χ2n) is 10.5. The van der Waals surface area contributed by atoms with Crippen LogP contribution in [0.1, 0.15) is 38.5 Å². The number of hydrazine groups is 1. The van der Waals surface area contributed by atoms with Gasteiger partial charge in [0.2, 0.25) is 5.91 Å². The van der Waals surface area contributed by atoms with Gasteiger partial charge in [-0.2, -0.15) is 0 Å². The quantitative estimate of drug-likeness (QED) is 0.0300. The van der Waals surface area contributed by atoms with Crippen molar-refractivity contribution in [1.29, 1.82) is 0 Å². The third-order valence-electron chi connectivity index (χ3n) is 6.02. The molecule has 2 amide bonds. The van der Waals surface area contributed by atoms with Crippen LogP contribution in [0.3, 0.4) is 0 Å². The molecule has 1 aliphatic carbocycles. The molecule has 40 heavy (non-hydrogen) atoms. The Morgan fingerprint density at radius 2 is 1.50 bits per heavy atom. The van der Waals surface area contributed by atoms with E-state index in [1.807, 2.05) is 0 Å². The maximum atomic E-state index is 11.7. The molecular weight excluding hydrogens is 524 g/mol. The second kappa shape index (κ2) is 22.6. The summed E-state index contributed by atoms with van der Waals surface area (Å²) in [6.07, 6.45) is 4.56. The minimum absolute atomic E-state index is 0.000241. The number of quaternary nitrogens is 1. The second-order valence-corrected chi connectivity index (χ2v) is 10.5. The highest BCUT2D eigenvalue weighted by molar-refractivity contribution is 5.76. The first kappa shape index (κ1) is 36.0. The SMILES string of the molecule is C[N+](C)(C)CCNC(=O)CCOCCOCCOCCOCCN/C1=C(\NN)C(OCC(=O)NO)CCCCC1. The Labute approximate surface area is 238 Å². The summed E-state index contributed by atoms with van der Waals surface area (Å²) in [6, 6.07) is 0. The average Bonchev–Trinajstić information content (AvgIpc) is 2.90. The Balaban J connectivity index is 2.04. The lowest BCUT2D eigenvalue weighted by Gasteiger charge is -2.26. The molecule has 0 heterocycles. The van der Waals surface area contributed by atoms with Crippen LogP contribution in [-0.2, 0) is 33.3 Å². The van der Waals surface area contributed by atoms with Crippen LogP contribution >= 0.6 is 0 Å². The van der Waals surface area contributed by atoms with Crippen LogP contribution in [0.4, 0.5) is 0 Å². The lowest BCUT2D eigenvalue weighted by Crippen LogP contribution is -2.42. The molecule has 0 aliphatic heterocycles. The van der Waals surface area contributed by atoms with Crippen molar-refractivity contribution in [3.8, 4) is 0 Å². The standard InChI is InChI=1S/C26H52N6O8/c1-32(2,3)12-10-29-24(33)9-13-36-15-17-38-19-20-39-18-16-37-14-11-28-22-7-5-4-6-8-23(26(22)30-27)40-21-25(34)31-35/h23,28,30H,4-21,27H2,1-3H3,(H2-,29,31,33,34,35)/p+1/b26-22-. The first-order valence-electron chi connectivity index (χ1n) is 14.1. The van der Waals surface area contributed by atoms with Gasteiger partial charge in [-0.3, -0.25) is 20.6 Å². The number of amides is 2. The topological polar surface area (TPSA) is 175 Å². The third-order valence-corrected chi connectivity index (χ3v) is 6.02. The van der Waals surface area contributed by atoms with Crippen molar-refractivity contribution in [3.05, 3.63) is 11.4 Å². The fourth-order valence-corrected chi connectivity index (χ4v) is 3.84.